The zero-order chi connectivity index (χ0) is 14.5. The molecule has 2 atom stereocenters. The van der Waals surface area contributed by atoms with Gasteiger partial charge in [-0.2, -0.15) is 0 Å². The molecule has 3 N–H and O–H groups in total. The van der Waals surface area contributed by atoms with Crippen molar-refractivity contribution < 1.29 is 9.59 Å². The van der Waals surface area contributed by atoms with Gasteiger partial charge in [0.25, 0.3) is 0 Å². The van der Waals surface area contributed by atoms with Crippen molar-refractivity contribution in [3.05, 3.63) is 0 Å². The zero-order valence-corrected chi connectivity index (χ0v) is 12.5. The maximum absolute atomic E-state index is 12.3. The van der Waals surface area contributed by atoms with Crippen molar-refractivity contribution >= 4 is 11.8 Å². The summed E-state index contributed by atoms with van der Waals surface area (Å²) in [7, 11) is 0. The fourth-order valence-corrected chi connectivity index (χ4v) is 2.27. The minimum atomic E-state index is -0.477. The molecule has 0 aromatic rings. The van der Waals surface area contributed by atoms with Crippen LogP contribution in [0, 0.1) is 11.3 Å². The first-order chi connectivity index (χ1) is 8.91. The van der Waals surface area contributed by atoms with Crippen molar-refractivity contribution in [1.82, 2.24) is 16.0 Å². The van der Waals surface area contributed by atoms with Crippen LogP contribution < -0.4 is 16.0 Å². The average molecular weight is 269 g/mol. The van der Waals surface area contributed by atoms with Crippen molar-refractivity contribution in [2.24, 2.45) is 11.3 Å². The predicted octanol–water partition coefficient (Wildman–Crippen LogP) is 0.653. The van der Waals surface area contributed by atoms with E-state index in [9.17, 15) is 9.59 Å². The molecule has 1 heterocycles. The molecule has 0 bridgehead atoms. The molecule has 1 saturated heterocycles. The molecule has 0 spiro atoms. The first-order valence-corrected chi connectivity index (χ1v) is 7.20. The molecule has 1 aliphatic heterocycles. The van der Waals surface area contributed by atoms with E-state index in [0.29, 0.717) is 19.0 Å². The second-order valence-corrected chi connectivity index (χ2v) is 5.89. The summed E-state index contributed by atoms with van der Waals surface area (Å²) >= 11 is 0. The van der Waals surface area contributed by atoms with Gasteiger partial charge in [-0.05, 0) is 32.2 Å². The van der Waals surface area contributed by atoms with E-state index in [-0.39, 0.29) is 17.2 Å². The Balaban J connectivity index is 2.49. The van der Waals surface area contributed by atoms with E-state index in [4.69, 9.17) is 0 Å². The largest absolute Gasteiger partial charge is 0.354 e. The Morgan fingerprint density at radius 3 is 2.47 bits per heavy atom. The Labute approximate surface area is 115 Å². The van der Waals surface area contributed by atoms with Crippen LogP contribution in [0.2, 0.25) is 0 Å². The molecule has 19 heavy (non-hydrogen) atoms. The van der Waals surface area contributed by atoms with Crippen molar-refractivity contribution in [2.75, 3.05) is 19.6 Å². The zero-order valence-electron chi connectivity index (χ0n) is 12.5. The number of carbonyl (C=O) groups is 2. The average Bonchev–Trinajstić information content (AvgIpc) is 2.85. The summed E-state index contributed by atoms with van der Waals surface area (Å²) in [4.78, 5) is 24.2. The molecular formula is C14H27N3O2. The Bertz CT molecular complexity index is 323. The smallest absolute Gasteiger partial charge is 0.242 e. The molecule has 5 nitrogen and oxygen atoms in total. The van der Waals surface area contributed by atoms with Crippen LogP contribution in [-0.2, 0) is 9.59 Å². The Morgan fingerprint density at radius 2 is 2.00 bits per heavy atom. The maximum atomic E-state index is 12.3. The van der Waals surface area contributed by atoms with Crippen LogP contribution in [0.25, 0.3) is 0 Å². The highest BCUT2D eigenvalue weighted by atomic mass is 16.2. The van der Waals surface area contributed by atoms with Crippen LogP contribution in [0.3, 0.4) is 0 Å². The number of hydrogen-bond donors (Lipinski definition) is 3. The van der Waals surface area contributed by atoms with Gasteiger partial charge in [0.15, 0.2) is 0 Å². The van der Waals surface area contributed by atoms with Gasteiger partial charge in [0.2, 0.25) is 11.8 Å². The lowest BCUT2D eigenvalue weighted by Crippen LogP contribution is -2.51. The standard InChI is InChI=1S/C14H27N3O2/c1-5-14(6-7-15-9-14)13(19)17-11(4)12(18)16-8-10(2)3/h10-11,15H,5-9H2,1-4H3,(H,16,18)(H,17,19). The fourth-order valence-electron chi connectivity index (χ4n) is 2.27. The fraction of sp³-hybridized carbons (Fsp3) is 0.857. The first-order valence-electron chi connectivity index (χ1n) is 7.20. The number of nitrogens with one attached hydrogen (secondary N) is 3. The summed E-state index contributed by atoms with van der Waals surface area (Å²) in [5, 5.41) is 8.91. The van der Waals surface area contributed by atoms with Gasteiger partial charge in [-0.25, -0.2) is 0 Å². The monoisotopic (exact) mass is 269 g/mol. The van der Waals surface area contributed by atoms with E-state index in [2.05, 4.69) is 16.0 Å². The summed E-state index contributed by atoms with van der Waals surface area (Å²) in [6.45, 7) is 10.1. The van der Waals surface area contributed by atoms with Gasteiger partial charge in [0.05, 0.1) is 5.41 Å². The van der Waals surface area contributed by atoms with Crippen LogP contribution in [0.15, 0.2) is 0 Å². The lowest BCUT2D eigenvalue weighted by Gasteiger charge is -2.27. The van der Waals surface area contributed by atoms with Crippen LogP contribution in [0.4, 0.5) is 0 Å². The van der Waals surface area contributed by atoms with Gasteiger partial charge >= 0.3 is 0 Å². The third kappa shape index (κ3) is 4.20. The Hall–Kier alpha value is -1.10. The molecule has 1 rings (SSSR count). The van der Waals surface area contributed by atoms with Crippen molar-refractivity contribution in [3.8, 4) is 0 Å². The highest BCUT2D eigenvalue weighted by Gasteiger charge is 2.40. The predicted molar refractivity (Wildman–Crippen MR) is 75.7 cm³/mol. The summed E-state index contributed by atoms with van der Waals surface area (Å²) < 4.78 is 0. The Morgan fingerprint density at radius 1 is 1.32 bits per heavy atom. The molecule has 5 heteroatoms. The van der Waals surface area contributed by atoms with Crippen LogP contribution in [0.1, 0.15) is 40.5 Å². The van der Waals surface area contributed by atoms with E-state index in [1.807, 2.05) is 20.8 Å². The second kappa shape index (κ2) is 6.89. The lowest BCUT2D eigenvalue weighted by atomic mass is 9.83. The molecule has 0 radical (unpaired) electrons. The van der Waals surface area contributed by atoms with E-state index in [0.717, 1.165) is 19.4 Å². The van der Waals surface area contributed by atoms with Crippen LogP contribution in [0.5, 0.6) is 0 Å². The lowest BCUT2D eigenvalue weighted by molar-refractivity contribution is -0.134. The number of rotatable bonds is 6. The third-order valence-corrected chi connectivity index (χ3v) is 3.83. The number of carbonyl (C=O) groups excluding carboxylic acids is 2. The normalized spacial score (nSPS) is 24.3. The molecule has 0 aromatic carbocycles. The minimum Gasteiger partial charge on any atom is -0.354 e. The highest BCUT2D eigenvalue weighted by Crippen LogP contribution is 2.29. The van der Waals surface area contributed by atoms with Crippen molar-refractivity contribution in [1.29, 1.82) is 0 Å². The second-order valence-electron chi connectivity index (χ2n) is 5.89. The van der Waals surface area contributed by atoms with E-state index >= 15 is 0 Å². The molecule has 1 aliphatic rings. The quantitative estimate of drug-likeness (QED) is 0.663. The first kappa shape index (κ1) is 16.0. The van der Waals surface area contributed by atoms with Gasteiger partial charge in [-0.3, -0.25) is 9.59 Å². The molecule has 0 aliphatic carbocycles. The van der Waals surface area contributed by atoms with Crippen molar-refractivity contribution in [3.63, 3.8) is 0 Å². The SMILES string of the molecule is CCC1(C(=O)NC(C)C(=O)NCC(C)C)CCNC1. The van der Waals surface area contributed by atoms with Gasteiger partial charge in [0, 0.05) is 13.1 Å². The van der Waals surface area contributed by atoms with Crippen LogP contribution in [-0.4, -0.2) is 37.5 Å². The number of hydrogen-bond acceptors (Lipinski definition) is 3. The van der Waals surface area contributed by atoms with E-state index in [1.54, 1.807) is 6.92 Å². The summed E-state index contributed by atoms with van der Waals surface area (Å²) in [5.74, 6) is 0.291. The maximum Gasteiger partial charge on any atom is 0.242 e. The molecule has 1 fully saturated rings. The molecule has 0 aromatic heterocycles. The third-order valence-electron chi connectivity index (χ3n) is 3.83. The van der Waals surface area contributed by atoms with Gasteiger partial charge in [-0.1, -0.05) is 20.8 Å². The van der Waals surface area contributed by atoms with Crippen LogP contribution >= 0.6 is 0 Å². The molecular weight excluding hydrogens is 242 g/mol. The van der Waals surface area contributed by atoms with E-state index in [1.165, 1.54) is 0 Å². The topological polar surface area (TPSA) is 70.2 Å². The van der Waals surface area contributed by atoms with Crippen molar-refractivity contribution in [2.45, 2.75) is 46.6 Å². The minimum absolute atomic E-state index is 0.00723. The van der Waals surface area contributed by atoms with Gasteiger partial charge < -0.3 is 16.0 Å². The molecule has 2 amide bonds. The molecule has 0 saturated carbocycles. The highest BCUT2D eigenvalue weighted by molar-refractivity contribution is 5.90. The summed E-state index contributed by atoms with van der Waals surface area (Å²) in [6, 6.07) is -0.477. The van der Waals surface area contributed by atoms with E-state index < -0.39 is 6.04 Å². The Kier molecular flexibility index (Phi) is 5.79. The summed E-state index contributed by atoms with van der Waals surface area (Å²) in [6.07, 6.45) is 1.64. The number of amides is 2. The summed E-state index contributed by atoms with van der Waals surface area (Å²) in [5.41, 5.74) is -0.341. The molecule has 2 unspecified atom stereocenters. The van der Waals surface area contributed by atoms with Gasteiger partial charge in [-0.15, -0.1) is 0 Å². The van der Waals surface area contributed by atoms with Gasteiger partial charge in [0.1, 0.15) is 6.04 Å². The molecule has 110 valence electrons.